The minimum Gasteiger partial charge on any atom is -0.417 e. The van der Waals surface area contributed by atoms with Crippen molar-refractivity contribution in [1.82, 2.24) is 14.9 Å². The molecule has 2 fully saturated rings. The molecule has 3 unspecified atom stereocenters. The average molecular weight is 668 g/mol. The van der Waals surface area contributed by atoms with E-state index in [1.807, 2.05) is 4.90 Å². The molecule has 6 rings (SSSR count). The van der Waals surface area contributed by atoms with Crippen LogP contribution >= 0.6 is 0 Å². The number of para-hydroxylation sites is 1. The van der Waals surface area contributed by atoms with E-state index in [0.717, 1.165) is 18.4 Å². The summed E-state index contributed by atoms with van der Waals surface area (Å²) in [6, 6.07) is 8.44. The first-order valence-corrected chi connectivity index (χ1v) is 16.0. The number of benzene rings is 1. The lowest BCUT2D eigenvalue weighted by molar-refractivity contribution is -0.141. The summed E-state index contributed by atoms with van der Waals surface area (Å²) in [5.41, 5.74) is 0.0600. The molecule has 0 radical (unpaired) electrons. The number of rotatable bonds is 6. The molecular formula is C34H37F4N7O3. The number of allylic oxidation sites excluding steroid dienone is 3. The van der Waals surface area contributed by atoms with Crippen LogP contribution in [-0.4, -0.2) is 66.1 Å². The predicted molar refractivity (Wildman–Crippen MR) is 173 cm³/mol. The van der Waals surface area contributed by atoms with Crippen LogP contribution in [0.15, 0.2) is 70.8 Å². The number of piperidine rings is 1. The van der Waals surface area contributed by atoms with Gasteiger partial charge in [-0.2, -0.15) is 18.2 Å². The van der Waals surface area contributed by atoms with Crippen molar-refractivity contribution in [2.75, 3.05) is 59.7 Å². The maximum absolute atomic E-state index is 14.0. The smallest absolute Gasteiger partial charge is 0.417 e. The summed E-state index contributed by atoms with van der Waals surface area (Å²) in [4.78, 5) is 39.0. The van der Waals surface area contributed by atoms with Crippen molar-refractivity contribution in [3.63, 3.8) is 0 Å². The van der Waals surface area contributed by atoms with Gasteiger partial charge in [0.1, 0.15) is 11.6 Å². The van der Waals surface area contributed by atoms with Crippen molar-refractivity contribution in [1.29, 1.82) is 0 Å². The highest BCUT2D eigenvalue weighted by atomic mass is 19.4. The van der Waals surface area contributed by atoms with Crippen LogP contribution in [0.25, 0.3) is 0 Å². The second-order valence-corrected chi connectivity index (χ2v) is 12.4. The van der Waals surface area contributed by atoms with Crippen LogP contribution in [0, 0.1) is 23.6 Å². The number of anilines is 4. The lowest BCUT2D eigenvalue weighted by Crippen LogP contribution is -2.50. The SMILES string of the molecule is CC1C=CC(C2CCCN(c3nc(C(F)(F)F)c(C(=O)Nc4ccc(N5CCN(C(=O)Nc6ccccc6F)CC5)nc4)o3)C2)=CC1C. The van der Waals surface area contributed by atoms with Gasteiger partial charge in [0.15, 0.2) is 5.69 Å². The maximum atomic E-state index is 14.0. The molecule has 0 spiro atoms. The summed E-state index contributed by atoms with van der Waals surface area (Å²) >= 11 is 0. The van der Waals surface area contributed by atoms with Crippen LogP contribution in [0.4, 0.5) is 45.6 Å². The number of pyridine rings is 1. The number of amides is 3. The number of aromatic nitrogens is 2. The van der Waals surface area contributed by atoms with Crippen molar-refractivity contribution >= 4 is 35.1 Å². The molecule has 3 aliphatic rings. The molecule has 0 saturated carbocycles. The molecule has 3 aromatic rings. The van der Waals surface area contributed by atoms with Gasteiger partial charge in [-0.3, -0.25) is 4.79 Å². The molecule has 10 nitrogen and oxygen atoms in total. The molecule has 1 aromatic carbocycles. The first-order valence-electron chi connectivity index (χ1n) is 16.0. The Kier molecular flexibility index (Phi) is 9.42. The molecule has 2 aliphatic heterocycles. The van der Waals surface area contributed by atoms with Gasteiger partial charge in [-0.05, 0) is 54.5 Å². The molecule has 2 N–H and O–H groups in total. The number of halogens is 4. The minimum absolute atomic E-state index is 0.0999. The summed E-state index contributed by atoms with van der Waals surface area (Å²) < 4.78 is 61.6. The second kappa shape index (κ2) is 13.7. The fourth-order valence-corrected chi connectivity index (χ4v) is 6.16. The summed E-state index contributed by atoms with van der Waals surface area (Å²) in [5.74, 6) is -1.04. The Balaban J connectivity index is 1.08. The number of nitrogens with one attached hydrogen (secondary N) is 2. The van der Waals surface area contributed by atoms with Crippen LogP contribution < -0.4 is 20.4 Å². The molecule has 2 aromatic heterocycles. The molecule has 14 heteroatoms. The molecule has 3 atom stereocenters. The van der Waals surface area contributed by atoms with Crippen LogP contribution in [0.1, 0.15) is 42.9 Å². The van der Waals surface area contributed by atoms with Crippen LogP contribution in [0.3, 0.4) is 0 Å². The number of piperazine rings is 1. The number of carbonyl (C=O) groups is 2. The summed E-state index contributed by atoms with van der Waals surface area (Å²) in [5, 5.41) is 5.03. The van der Waals surface area contributed by atoms with Crippen molar-refractivity contribution < 1.29 is 31.6 Å². The Bertz CT molecular complexity index is 1700. The highest BCUT2D eigenvalue weighted by Crippen LogP contribution is 2.37. The van der Waals surface area contributed by atoms with E-state index in [4.69, 9.17) is 4.42 Å². The van der Waals surface area contributed by atoms with Crippen molar-refractivity contribution in [3.8, 4) is 0 Å². The van der Waals surface area contributed by atoms with E-state index in [2.05, 4.69) is 52.7 Å². The summed E-state index contributed by atoms with van der Waals surface area (Å²) in [6.45, 7) is 6.81. The van der Waals surface area contributed by atoms with Gasteiger partial charge in [-0.25, -0.2) is 14.2 Å². The quantitative estimate of drug-likeness (QED) is 0.278. The van der Waals surface area contributed by atoms with E-state index in [-0.39, 0.29) is 23.3 Å². The van der Waals surface area contributed by atoms with Gasteiger partial charge in [-0.1, -0.05) is 44.2 Å². The zero-order valence-corrected chi connectivity index (χ0v) is 26.6. The number of carbonyl (C=O) groups excluding carboxylic acids is 2. The summed E-state index contributed by atoms with van der Waals surface area (Å²) in [7, 11) is 0. The monoisotopic (exact) mass is 667 g/mol. The second-order valence-electron chi connectivity index (χ2n) is 12.4. The number of urea groups is 1. The van der Waals surface area contributed by atoms with E-state index >= 15 is 0 Å². The van der Waals surface area contributed by atoms with Gasteiger partial charge in [0.25, 0.3) is 11.9 Å². The minimum atomic E-state index is -4.90. The Morgan fingerprint density at radius 3 is 2.42 bits per heavy atom. The van der Waals surface area contributed by atoms with Gasteiger partial charge in [0.05, 0.1) is 17.6 Å². The number of alkyl halides is 3. The summed E-state index contributed by atoms with van der Waals surface area (Å²) in [6.07, 6.45) is 4.58. The van der Waals surface area contributed by atoms with Crippen LogP contribution in [0.5, 0.6) is 0 Å². The lowest BCUT2D eigenvalue weighted by Gasteiger charge is -2.35. The third-order valence-corrected chi connectivity index (χ3v) is 9.14. The molecule has 2 saturated heterocycles. The maximum Gasteiger partial charge on any atom is 0.437 e. The first kappa shape index (κ1) is 33.0. The number of nitrogens with zero attached hydrogens (tertiary/aromatic N) is 5. The van der Waals surface area contributed by atoms with E-state index in [1.165, 1.54) is 30.5 Å². The zero-order valence-electron chi connectivity index (χ0n) is 26.6. The number of hydrogen-bond acceptors (Lipinski definition) is 7. The Morgan fingerprint density at radius 1 is 0.958 bits per heavy atom. The standard InChI is InChI=1S/C34H37F4N7O3/c1-21-9-10-23(18-22(21)2)24-6-5-13-45(20-24)33-42-30(34(36,37)38)29(48-33)31(46)40-25-11-12-28(39-19-25)43-14-16-44(17-15-43)32(47)41-27-8-4-3-7-26(27)35/h3-4,7-12,18-19,21-22,24H,5-6,13-17,20H2,1-2H3,(H,40,46)(H,41,47). The normalized spacial score (nSPS) is 21.6. The highest BCUT2D eigenvalue weighted by Gasteiger charge is 2.42. The van der Waals surface area contributed by atoms with Crippen molar-refractivity contribution in [2.24, 2.45) is 17.8 Å². The number of oxazole rings is 1. The van der Waals surface area contributed by atoms with Gasteiger partial charge in [0.2, 0.25) is 5.76 Å². The molecule has 0 bridgehead atoms. The van der Waals surface area contributed by atoms with E-state index in [9.17, 15) is 27.2 Å². The molecule has 48 heavy (non-hydrogen) atoms. The number of hydrogen-bond donors (Lipinski definition) is 2. The fraction of sp³-hybridized carbons (Fsp3) is 0.412. The highest BCUT2D eigenvalue weighted by molar-refractivity contribution is 6.03. The Hall–Kier alpha value is -4.88. The Morgan fingerprint density at radius 2 is 1.73 bits per heavy atom. The molecule has 4 heterocycles. The zero-order chi connectivity index (χ0) is 34.0. The van der Waals surface area contributed by atoms with E-state index < -0.39 is 35.4 Å². The third kappa shape index (κ3) is 7.32. The molecular weight excluding hydrogens is 630 g/mol. The van der Waals surface area contributed by atoms with Gasteiger partial charge in [0, 0.05) is 45.2 Å². The molecule has 254 valence electrons. The fourth-order valence-electron chi connectivity index (χ4n) is 6.16. The van der Waals surface area contributed by atoms with E-state index in [1.54, 1.807) is 21.9 Å². The third-order valence-electron chi connectivity index (χ3n) is 9.14. The average Bonchev–Trinajstić information content (AvgIpc) is 3.55. The Labute approximate surface area is 275 Å². The topological polar surface area (TPSA) is 107 Å². The largest absolute Gasteiger partial charge is 0.437 e. The van der Waals surface area contributed by atoms with Gasteiger partial charge >= 0.3 is 12.2 Å². The van der Waals surface area contributed by atoms with Gasteiger partial charge < -0.3 is 29.8 Å². The molecule has 3 amide bonds. The predicted octanol–water partition coefficient (Wildman–Crippen LogP) is 6.82. The lowest BCUT2D eigenvalue weighted by atomic mass is 9.81. The van der Waals surface area contributed by atoms with Crippen molar-refractivity contribution in [3.05, 3.63) is 83.7 Å². The van der Waals surface area contributed by atoms with Crippen molar-refractivity contribution in [2.45, 2.75) is 32.9 Å². The van der Waals surface area contributed by atoms with Crippen LogP contribution in [0.2, 0.25) is 0 Å². The first-order chi connectivity index (χ1) is 23.0. The van der Waals surface area contributed by atoms with Gasteiger partial charge in [-0.15, -0.1) is 0 Å². The van der Waals surface area contributed by atoms with Crippen LogP contribution in [-0.2, 0) is 6.18 Å². The molecule has 1 aliphatic carbocycles. The van der Waals surface area contributed by atoms with E-state index in [0.29, 0.717) is 56.9 Å².